The largest absolute Gasteiger partial charge is 0.756 e. The van der Waals surface area contributed by atoms with Gasteiger partial charge in [-0.2, -0.15) is 0 Å². The van der Waals surface area contributed by atoms with E-state index >= 15 is 0 Å². The lowest BCUT2D eigenvalue weighted by Crippen LogP contribution is -2.37. The monoisotopic (exact) mass is 462 g/mol. The normalized spacial score (nSPS) is 26.5. The molecular formula is C16H32O11P2-2. The lowest BCUT2D eigenvalue weighted by molar-refractivity contribution is -0.236. The van der Waals surface area contributed by atoms with E-state index in [1.807, 2.05) is 0 Å². The van der Waals surface area contributed by atoms with E-state index in [-0.39, 0.29) is 19.8 Å². The Labute approximate surface area is 171 Å². The summed E-state index contributed by atoms with van der Waals surface area (Å²) in [6, 6.07) is 0. The van der Waals surface area contributed by atoms with Crippen molar-refractivity contribution in [1.82, 2.24) is 0 Å². The van der Waals surface area contributed by atoms with Gasteiger partial charge in [0.15, 0.2) is 0 Å². The van der Waals surface area contributed by atoms with Gasteiger partial charge in [0, 0.05) is 6.61 Å². The first-order chi connectivity index (χ1) is 13.6. The summed E-state index contributed by atoms with van der Waals surface area (Å²) in [4.78, 5) is 23.6. The number of ether oxygens (including phenoxy) is 1. The van der Waals surface area contributed by atoms with Crippen LogP contribution in [-0.2, 0) is 32.0 Å². The molecule has 2 N–H and O–H groups in total. The van der Waals surface area contributed by atoms with Gasteiger partial charge in [0.25, 0.3) is 15.6 Å². The molecule has 29 heavy (non-hydrogen) atoms. The Kier molecular flexibility index (Phi) is 12.6. The molecule has 174 valence electrons. The summed E-state index contributed by atoms with van der Waals surface area (Å²) in [6.07, 6.45) is 0.422. The zero-order chi connectivity index (χ0) is 21.9. The van der Waals surface area contributed by atoms with Gasteiger partial charge in [0.1, 0.15) is 18.3 Å². The van der Waals surface area contributed by atoms with Crippen molar-refractivity contribution in [3.8, 4) is 0 Å². The van der Waals surface area contributed by atoms with Gasteiger partial charge < -0.3 is 42.8 Å². The van der Waals surface area contributed by atoms with Crippen LogP contribution in [0.4, 0.5) is 0 Å². The molecule has 0 spiro atoms. The van der Waals surface area contributed by atoms with E-state index in [0.717, 1.165) is 32.1 Å². The number of hydrogen-bond acceptors (Lipinski definition) is 11. The molecular weight excluding hydrogens is 430 g/mol. The van der Waals surface area contributed by atoms with Crippen molar-refractivity contribution in [1.29, 1.82) is 0 Å². The molecule has 0 saturated carbocycles. The van der Waals surface area contributed by atoms with Crippen molar-refractivity contribution in [3.05, 3.63) is 0 Å². The summed E-state index contributed by atoms with van der Waals surface area (Å²) in [5.74, 6) is 0. The van der Waals surface area contributed by atoms with Crippen LogP contribution in [0, 0.1) is 0 Å². The number of rotatable bonds is 16. The fraction of sp³-hybridized carbons (Fsp3) is 1.00. The molecule has 0 radical (unpaired) electrons. The Hall–Kier alpha value is 0.1000. The second kappa shape index (κ2) is 13.5. The third-order valence-electron chi connectivity index (χ3n) is 4.02. The highest BCUT2D eigenvalue weighted by atomic mass is 31.2. The molecule has 0 aromatic carbocycles. The zero-order valence-electron chi connectivity index (χ0n) is 16.8. The molecule has 5 atom stereocenters. The molecule has 0 aromatic rings. The van der Waals surface area contributed by atoms with Crippen molar-refractivity contribution in [2.45, 2.75) is 76.8 Å². The van der Waals surface area contributed by atoms with Crippen LogP contribution in [0.1, 0.15) is 52.4 Å². The number of aliphatic hydroxyl groups excluding tert-OH is 2. The molecule has 2 unspecified atom stereocenters. The Balaban J connectivity index is 2.39. The highest BCUT2D eigenvalue weighted by Gasteiger charge is 2.40. The van der Waals surface area contributed by atoms with E-state index in [0.29, 0.717) is 6.42 Å². The molecule has 0 aliphatic carbocycles. The van der Waals surface area contributed by atoms with Crippen LogP contribution in [-0.4, -0.2) is 61.1 Å². The van der Waals surface area contributed by atoms with Gasteiger partial charge in [0.05, 0.1) is 25.9 Å². The fourth-order valence-electron chi connectivity index (χ4n) is 2.67. The minimum absolute atomic E-state index is 0.0659. The number of phosphoric ester groups is 2. The van der Waals surface area contributed by atoms with Crippen molar-refractivity contribution < 1.29 is 52.0 Å². The average Bonchev–Trinajstić information content (AvgIpc) is 2.94. The summed E-state index contributed by atoms with van der Waals surface area (Å²) in [5, 5.41) is 18.6. The lowest BCUT2D eigenvalue weighted by Gasteiger charge is -2.31. The van der Waals surface area contributed by atoms with Crippen LogP contribution in [0.2, 0.25) is 0 Å². The van der Waals surface area contributed by atoms with Gasteiger partial charge in [0.2, 0.25) is 0 Å². The highest BCUT2D eigenvalue weighted by molar-refractivity contribution is 7.46. The minimum Gasteiger partial charge on any atom is -0.756 e. The van der Waals surface area contributed by atoms with E-state index < -0.39 is 46.7 Å². The zero-order valence-corrected chi connectivity index (χ0v) is 18.6. The minimum atomic E-state index is -4.73. The topological polar surface area (TPSA) is 167 Å². The summed E-state index contributed by atoms with van der Waals surface area (Å²) in [6.45, 7) is 2.32. The number of hydrogen-bond donors (Lipinski definition) is 2. The van der Waals surface area contributed by atoms with Crippen LogP contribution in [0.25, 0.3) is 0 Å². The Morgan fingerprint density at radius 1 is 1.03 bits per heavy atom. The summed E-state index contributed by atoms with van der Waals surface area (Å²) < 4.78 is 47.8. The maximum Gasteiger partial charge on any atom is 0.268 e. The van der Waals surface area contributed by atoms with Crippen molar-refractivity contribution in [2.24, 2.45) is 0 Å². The second-order valence-corrected chi connectivity index (χ2v) is 9.76. The SMILES string of the molecule is CC(C)OP(=O)([O-])OC[C@H]1OC[C@H](O)[C@@H]1OP(=O)([O-])OCCCCCCCCO. The first-order valence-electron chi connectivity index (χ1n) is 9.75. The smallest absolute Gasteiger partial charge is 0.268 e. The van der Waals surface area contributed by atoms with Gasteiger partial charge in [-0.05, 0) is 26.7 Å². The number of unbranched alkanes of at least 4 members (excludes halogenated alkanes) is 5. The first kappa shape index (κ1) is 27.1. The second-order valence-electron chi connectivity index (χ2n) is 7.03. The van der Waals surface area contributed by atoms with Crippen LogP contribution < -0.4 is 9.79 Å². The van der Waals surface area contributed by atoms with E-state index in [9.17, 15) is 24.0 Å². The van der Waals surface area contributed by atoms with E-state index in [4.69, 9.17) is 18.9 Å². The van der Waals surface area contributed by atoms with Gasteiger partial charge in [-0.25, -0.2) is 0 Å². The number of phosphoric acid groups is 2. The van der Waals surface area contributed by atoms with Crippen LogP contribution >= 0.6 is 15.6 Å². The van der Waals surface area contributed by atoms with Crippen LogP contribution in [0.5, 0.6) is 0 Å². The molecule has 0 bridgehead atoms. The van der Waals surface area contributed by atoms with Crippen molar-refractivity contribution in [2.75, 3.05) is 26.4 Å². The molecule has 0 amide bonds. The highest BCUT2D eigenvalue weighted by Crippen LogP contribution is 2.44. The Bertz CT molecular complexity index is 545. The molecule has 1 heterocycles. The molecule has 1 fully saturated rings. The summed E-state index contributed by atoms with van der Waals surface area (Å²) in [5.41, 5.74) is 0. The number of aliphatic hydroxyl groups is 2. The van der Waals surface area contributed by atoms with Gasteiger partial charge in [-0.3, -0.25) is 9.13 Å². The third-order valence-corrected chi connectivity index (χ3v) is 6.16. The fourth-order valence-corrected chi connectivity index (χ4v) is 4.57. The van der Waals surface area contributed by atoms with Crippen molar-refractivity contribution >= 4 is 15.6 Å². The lowest BCUT2D eigenvalue weighted by atomic mass is 10.1. The third kappa shape index (κ3) is 11.9. The molecule has 11 nitrogen and oxygen atoms in total. The van der Waals surface area contributed by atoms with E-state index in [2.05, 4.69) is 9.05 Å². The quantitative estimate of drug-likeness (QED) is 0.247. The van der Waals surface area contributed by atoms with Crippen molar-refractivity contribution in [3.63, 3.8) is 0 Å². The predicted octanol–water partition coefficient (Wildman–Crippen LogP) is 0.859. The van der Waals surface area contributed by atoms with E-state index in [1.54, 1.807) is 0 Å². The van der Waals surface area contributed by atoms with Crippen LogP contribution in [0.3, 0.4) is 0 Å². The molecule has 1 rings (SSSR count). The summed E-state index contributed by atoms with van der Waals surface area (Å²) >= 11 is 0. The Morgan fingerprint density at radius 2 is 1.66 bits per heavy atom. The van der Waals surface area contributed by atoms with Gasteiger partial charge >= 0.3 is 0 Å². The molecule has 0 aromatic heterocycles. The Morgan fingerprint density at radius 3 is 2.28 bits per heavy atom. The molecule has 1 saturated heterocycles. The van der Waals surface area contributed by atoms with Crippen LogP contribution in [0.15, 0.2) is 0 Å². The molecule has 13 heteroatoms. The maximum atomic E-state index is 12.0. The average molecular weight is 462 g/mol. The summed E-state index contributed by atoms with van der Waals surface area (Å²) in [7, 11) is -9.32. The molecule has 1 aliphatic heterocycles. The van der Waals surface area contributed by atoms with E-state index in [1.165, 1.54) is 13.8 Å². The first-order valence-corrected chi connectivity index (χ1v) is 12.7. The standard InChI is InChI=1S/C16H34O11P2/c1-13(2)26-29(21,22)25-12-15-16(14(18)11-23-15)27-28(19,20)24-10-8-6-4-3-5-7-9-17/h13-18H,3-12H2,1-2H3,(H,19,20)(H,21,22)/p-2/t14-,15+,16-/m0/s1. The predicted molar refractivity (Wildman–Crippen MR) is 98.7 cm³/mol. The molecule has 1 aliphatic rings. The maximum absolute atomic E-state index is 12.0. The van der Waals surface area contributed by atoms with Gasteiger partial charge in [-0.1, -0.05) is 25.7 Å². The van der Waals surface area contributed by atoms with Gasteiger partial charge in [-0.15, -0.1) is 0 Å².